The van der Waals surface area contributed by atoms with E-state index in [0.29, 0.717) is 12.5 Å². The van der Waals surface area contributed by atoms with Crippen molar-refractivity contribution < 1.29 is 4.74 Å². The van der Waals surface area contributed by atoms with Crippen LogP contribution in [0.2, 0.25) is 0 Å². The number of aromatic nitrogens is 2. The fourth-order valence-corrected chi connectivity index (χ4v) is 4.44. The minimum absolute atomic E-state index is 0.115. The Kier molecular flexibility index (Phi) is 5.33. The Morgan fingerprint density at radius 1 is 1.30 bits per heavy atom. The van der Waals surface area contributed by atoms with Crippen LogP contribution in [0.15, 0.2) is 4.79 Å². The van der Waals surface area contributed by atoms with Crippen molar-refractivity contribution in [3.05, 3.63) is 20.8 Å². The minimum atomic E-state index is 0.115. The molecule has 6 heteroatoms. The highest BCUT2D eigenvalue weighted by atomic mass is 32.1. The molecule has 0 fully saturated rings. The lowest BCUT2D eigenvalue weighted by atomic mass is 9.97. The van der Waals surface area contributed by atoms with Crippen molar-refractivity contribution in [1.29, 1.82) is 0 Å². The van der Waals surface area contributed by atoms with Crippen LogP contribution >= 0.6 is 11.3 Å². The molecule has 1 aliphatic carbocycles. The molecule has 0 atom stereocenters. The summed E-state index contributed by atoms with van der Waals surface area (Å²) in [6, 6.07) is 0. The van der Waals surface area contributed by atoms with Gasteiger partial charge in [0, 0.05) is 31.2 Å². The van der Waals surface area contributed by atoms with Crippen LogP contribution < -0.4 is 10.9 Å². The first-order valence-corrected chi connectivity index (χ1v) is 9.44. The monoisotopic (exact) mass is 335 g/mol. The van der Waals surface area contributed by atoms with E-state index in [1.54, 1.807) is 15.9 Å². The van der Waals surface area contributed by atoms with Gasteiger partial charge in [-0.25, -0.2) is 4.98 Å². The van der Waals surface area contributed by atoms with Gasteiger partial charge in [-0.1, -0.05) is 0 Å². The summed E-state index contributed by atoms with van der Waals surface area (Å²) in [6.07, 6.45) is 5.44. The highest BCUT2D eigenvalue weighted by Crippen LogP contribution is 2.34. The molecule has 5 nitrogen and oxygen atoms in total. The lowest BCUT2D eigenvalue weighted by Crippen LogP contribution is -2.25. The van der Waals surface area contributed by atoms with Gasteiger partial charge in [-0.2, -0.15) is 0 Å². The second-order valence-corrected chi connectivity index (χ2v) is 6.94. The summed E-state index contributed by atoms with van der Waals surface area (Å²) >= 11 is 1.71. The van der Waals surface area contributed by atoms with Crippen LogP contribution in [0.25, 0.3) is 10.2 Å². The van der Waals surface area contributed by atoms with Gasteiger partial charge in [0.15, 0.2) is 0 Å². The van der Waals surface area contributed by atoms with Gasteiger partial charge in [0.05, 0.1) is 5.39 Å². The molecule has 0 aromatic carbocycles. The van der Waals surface area contributed by atoms with E-state index < -0.39 is 0 Å². The number of thiophene rings is 1. The molecule has 126 valence electrons. The number of nitrogens with one attached hydrogen (secondary N) is 1. The van der Waals surface area contributed by atoms with Gasteiger partial charge in [0.2, 0.25) is 5.95 Å². The van der Waals surface area contributed by atoms with Gasteiger partial charge >= 0.3 is 0 Å². The van der Waals surface area contributed by atoms with Crippen LogP contribution in [0.3, 0.4) is 0 Å². The second kappa shape index (κ2) is 7.45. The van der Waals surface area contributed by atoms with Gasteiger partial charge < -0.3 is 10.1 Å². The van der Waals surface area contributed by atoms with Crippen LogP contribution in [0.4, 0.5) is 5.95 Å². The molecular formula is C17H25N3O2S. The van der Waals surface area contributed by atoms with Crippen molar-refractivity contribution >= 4 is 27.5 Å². The van der Waals surface area contributed by atoms with E-state index in [-0.39, 0.29) is 5.56 Å². The summed E-state index contributed by atoms with van der Waals surface area (Å²) in [7, 11) is 0. The quantitative estimate of drug-likeness (QED) is 0.790. The van der Waals surface area contributed by atoms with Gasteiger partial charge in [0.25, 0.3) is 5.56 Å². The molecule has 3 rings (SSSR count). The molecule has 2 heterocycles. The van der Waals surface area contributed by atoms with Crippen molar-refractivity contribution in [2.75, 3.05) is 25.1 Å². The summed E-state index contributed by atoms with van der Waals surface area (Å²) in [4.78, 5) is 19.9. The average Bonchev–Trinajstić information content (AvgIpc) is 2.93. The van der Waals surface area contributed by atoms with Crippen LogP contribution in [0.1, 0.15) is 43.6 Å². The first-order valence-electron chi connectivity index (χ1n) is 8.63. The molecule has 2 aromatic heterocycles. The minimum Gasteiger partial charge on any atom is -0.382 e. The number of ether oxygens (including phenoxy) is 1. The highest BCUT2D eigenvalue weighted by Gasteiger charge is 2.21. The molecule has 0 bridgehead atoms. The third-order valence-corrected chi connectivity index (χ3v) is 5.53. The Bertz CT molecular complexity index is 735. The van der Waals surface area contributed by atoms with Gasteiger partial charge in [-0.05, 0) is 51.5 Å². The van der Waals surface area contributed by atoms with E-state index in [2.05, 4.69) is 5.32 Å². The van der Waals surface area contributed by atoms with Crippen LogP contribution in [0.5, 0.6) is 0 Å². The molecule has 0 amide bonds. The predicted molar refractivity (Wildman–Crippen MR) is 95.8 cm³/mol. The lowest BCUT2D eigenvalue weighted by molar-refractivity contribution is 0.147. The van der Waals surface area contributed by atoms with E-state index in [0.717, 1.165) is 49.2 Å². The molecule has 0 spiro atoms. The Labute approximate surface area is 140 Å². The van der Waals surface area contributed by atoms with Crippen molar-refractivity contribution in [1.82, 2.24) is 9.55 Å². The standard InChI is InChI=1S/C17H25N3O2S/c1-3-20-16(21)14-12-8-5-6-9-13(12)23-15(14)19-17(20)18-10-7-11-22-4-2/h3-11H2,1-2H3,(H,18,19). The first kappa shape index (κ1) is 16.5. The van der Waals surface area contributed by atoms with Crippen LogP contribution in [0, 0.1) is 0 Å². The zero-order valence-electron chi connectivity index (χ0n) is 14.0. The van der Waals surface area contributed by atoms with Gasteiger partial charge in [0.1, 0.15) is 4.83 Å². The first-order chi connectivity index (χ1) is 11.3. The molecular weight excluding hydrogens is 310 g/mol. The summed E-state index contributed by atoms with van der Waals surface area (Å²) in [5, 5.41) is 4.18. The SMILES string of the molecule is CCOCCCNc1nc2sc3c(c2c(=O)n1CC)CCCC3. The topological polar surface area (TPSA) is 56.1 Å². The predicted octanol–water partition coefficient (Wildman–Crippen LogP) is 3.20. The largest absolute Gasteiger partial charge is 0.382 e. The average molecular weight is 335 g/mol. The number of aryl methyl sites for hydroxylation is 2. The number of hydrogen-bond donors (Lipinski definition) is 1. The third kappa shape index (κ3) is 3.28. The van der Waals surface area contributed by atoms with Crippen molar-refractivity contribution in [3.63, 3.8) is 0 Å². The summed E-state index contributed by atoms with van der Waals surface area (Å²) in [5.41, 5.74) is 1.38. The molecule has 1 N–H and O–H groups in total. The molecule has 0 saturated carbocycles. The molecule has 1 aliphatic rings. The number of fused-ring (bicyclic) bond motifs is 3. The van der Waals surface area contributed by atoms with Crippen molar-refractivity contribution in [2.45, 2.75) is 52.5 Å². The number of rotatable bonds is 7. The number of anilines is 1. The Balaban J connectivity index is 1.91. The van der Waals surface area contributed by atoms with Gasteiger partial charge in [-0.15, -0.1) is 11.3 Å². The van der Waals surface area contributed by atoms with E-state index in [9.17, 15) is 4.79 Å². The normalized spacial score (nSPS) is 14.2. The highest BCUT2D eigenvalue weighted by molar-refractivity contribution is 7.18. The fraction of sp³-hybridized carbons (Fsp3) is 0.647. The summed E-state index contributed by atoms with van der Waals surface area (Å²) in [6.45, 7) is 6.87. The second-order valence-electron chi connectivity index (χ2n) is 5.85. The number of hydrogen-bond acceptors (Lipinski definition) is 5. The van der Waals surface area contributed by atoms with Crippen molar-refractivity contribution in [2.24, 2.45) is 0 Å². The van der Waals surface area contributed by atoms with E-state index in [1.165, 1.54) is 23.3 Å². The molecule has 2 aromatic rings. The molecule has 0 saturated heterocycles. The summed E-state index contributed by atoms with van der Waals surface area (Å²) < 4.78 is 7.12. The molecule has 23 heavy (non-hydrogen) atoms. The Morgan fingerprint density at radius 3 is 2.91 bits per heavy atom. The van der Waals surface area contributed by atoms with E-state index >= 15 is 0 Å². The lowest BCUT2D eigenvalue weighted by Gasteiger charge is -2.13. The number of nitrogens with zero attached hydrogens (tertiary/aromatic N) is 2. The van der Waals surface area contributed by atoms with E-state index in [1.807, 2.05) is 13.8 Å². The zero-order valence-corrected chi connectivity index (χ0v) is 14.8. The van der Waals surface area contributed by atoms with Gasteiger partial charge in [-0.3, -0.25) is 9.36 Å². The van der Waals surface area contributed by atoms with E-state index in [4.69, 9.17) is 9.72 Å². The Hall–Kier alpha value is -1.40. The maximum Gasteiger partial charge on any atom is 0.263 e. The van der Waals surface area contributed by atoms with Crippen molar-refractivity contribution in [3.8, 4) is 0 Å². The molecule has 0 unspecified atom stereocenters. The summed E-state index contributed by atoms with van der Waals surface area (Å²) in [5.74, 6) is 0.695. The molecule has 0 radical (unpaired) electrons. The van der Waals surface area contributed by atoms with Crippen LogP contribution in [-0.4, -0.2) is 29.3 Å². The maximum atomic E-state index is 12.9. The molecule has 0 aliphatic heterocycles. The fourth-order valence-electron chi connectivity index (χ4n) is 3.19. The zero-order chi connectivity index (χ0) is 16.2. The third-order valence-electron chi connectivity index (χ3n) is 4.34. The Morgan fingerprint density at radius 2 is 2.13 bits per heavy atom. The van der Waals surface area contributed by atoms with Crippen LogP contribution in [-0.2, 0) is 24.1 Å². The maximum absolute atomic E-state index is 12.9. The smallest absolute Gasteiger partial charge is 0.263 e.